The highest BCUT2D eigenvalue weighted by molar-refractivity contribution is 5.49. The van der Waals surface area contributed by atoms with Crippen LogP contribution in [0.1, 0.15) is 5.56 Å². The summed E-state index contributed by atoms with van der Waals surface area (Å²) in [6.07, 6.45) is 0. The lowest BCUT2D eigenvalue weighted by Gasteiger charge is -2.08. The van der Waals surface area contributed by atoms with Gasteiger partial charge in [0, 0.05) is 12.7 Å². The van der Waals surface area contributed by atoms with Crippen molar-refractivity contribution in [1.82, 2.24) is 0 Å². The molecule has 18 heavy (non-hydrogen) atoms. The van der Waals surface area contributed by atoms with Crippen molar-refractivity contribution in [2.24, 2.45) is 0 Å². The predicted octanol–water partition coefficient (Wildman–Crippen LogP) is 3.53. The molecule has 0 saturated carbocycles. The van der Waals surface area contributed by atoms with E-state index in [-0.39, 0.29) is 11.3 Å². The molecule has 0 unspecified atom stereocenters. The van der Waals surface area contributed by atoms with Crippen LogP contribution in [0.15, 0.2) is 42.5 Å². The summed E-state index contributed by atoms with van der Waals surface area (Å²) >= 11 is 0. The molecule has 0 heterocycles. The molecule has 0 spiro atoms. The van der Waals surface area contributed by atoms with Crippen LogP contribution in [-0.4, -0.2) is 7.05 Å². The van der Waals surface area contributed by atoms with Crippen molar-refractivity contribution < 1.29 is 9.13 Å². The maximum absolute atomic E-state index is 13.4. The van der Waals surface area contributed by atoms with Crippen molar-refractivity contribution >= 4 is 5.69 Å². The van der Waals surface area contributed by atoms with E-state index in [4.69, 9.17) is 10.00 Å². The molecular formula is C14H11FN2O. The van der Waals surface area contributed by atoms with E-state index in [0.29, 0.717) is 5.75 Å². The Balaban J connectivity index is 2.28. The molecule has 0 aliphatic heterocycles. The molecule has 1 N–H and O–H groups in total. The van der Waals surface area contributed by atoms with Crippen LogP contribution in [0.5, 0.6) is 11.5 Å². The van der Waals surface area contributed by atoms with Crippen LogP contribution in [0.4, 0.5) is 10.1 Å². The molecule has 0 amide bonds. The van der Waals surface area contributed by atoms with Crippen molar-refractivity contribution in [3.05, 3.63) is 53.8 Å². The molecule has 2 aromatic carbocycles. The van der Waals surface area contributed by atoms with Crippen LogP contribution < -0.4 is 10.1 Å². The fraction of sp³-hybridized carbons (Fsp3) is 0.0714. The van der Waals surface area contributed by atoms with Crippen molar-refractivity contribution in [2.45, 2.75) is 0 Å². The van der Waals surface area contributed by atoms with Gasteiger partial charge in [-0.05, 0) is 36.4 Å². The van der Waals surface area contributed by atoms with Gasteiger partial charge in [0.1, 0.15) is 28.9 Å². The zero-order valence-corrected chi connectivity index (χ0v) is 9.77. The minimum atomic E-state index is -0.582. The minimum Gasteiger partial charge on any atom is -0.456 e. The molecule has 0 bridgehead atoms. The van der Waals surface area contributed by atoms with Gasteiger partial charge >= 0.3 is 0 Å². The Hall–Kier alpha value is -2.54. The lowest BCUT2D eigenvalue weighted by atomic mass is 10.2. The summed E-state index contributed by atoms with van der Waals surface area (Å²) in [6, 6.07) is 13.3. The van der Waals surface area contributed by atoms with Gasteiger partial charge in [0.15, 0.2) is 0 Å². The summed E-state index contributed by atoms with van der Waals surface area (Å²) in [4.78, 5) is 0. The van der Waals surface area contributed by atoms with Crippen LogP contribution >= 0.6 is 0 Å². The van der Waals surface area contributed by atoms with Gasteiger partial charge in [-0.2, -0.15) is 5.26 Å². The van der Waals surface area contributed by atoms with E-state index in [1.54, 1.807) is 24.3 Å². The Labute approximate surface area is 104 Å². The normalized spacial score (nSPS) is 9.61. The van der Waals surface area contributed by atoms with Gasteiger partial charge in [-0.15, -0.1) is 0 Å². The van der Waals surface area contributed by atoms with Crippen LogP contribution in [0.2, 0.25) is 0 Å². The highest BCUT2D eigenvalue weighted by Gasteiger charge is 2.09. The number of benzene rings is 2. The standard InChI is InChI=1S/C14H11FN2O/c1-17-10-5-7-11(8-6-10)18-14-4-2-3-13(15)12(14)9-16/h2-8,17H,1H3. The van der Waals surface area contributed by atoms with Crippen molar-refractivity contribution in [2.75, 3.05) is 12.4 Å². The third kappa shape index (κ3) is 2.41. The van der Waals surface area contributed by atoms with Gasteiger partial charge in [-0.3, -0.25) is 0 Å². The molecule has 3 nitrogen and oxygen atoms in total. The third-order valence-corrected chi connectivity index (χ3v) is 2.46. The van der Waals surface area contributed by atoms with E-state index < -0.39 is 5.82 Å². The predicted molar refractivity (Wildman–Crippen MR) is 67.2 cm³/mol. The number of halogens is 1. The summed E-state index contributed by atoms with van der Waals surface area (Å²) in [5.74, 6) is 0.188. The molecule has 0 aliphatic rings. The highest BCUT2D eigenvalue weighted by atomic mass is 19.1. The average Bonchev–Trinajstić information content (AvgIpc) is 2.40. The number of rotatable bonds is 3. The first-order chi connectivity index (χ1) is 8.74. The summed E-state index contributed by atoms with van der Waals surface area (Å²) in [7, 11) is 1.82. The number of ether oxygens (including phenoxy) is 1. The van der Waals surface area contributed by atoms with Gasteiger partial charge in [0.2, 0.25) is 0 Å². The van der Waals surface area contributed by atoms with E-state index in [0.717, 1.165) is 5.69 Å². The fourth-order valence-corrected chi connectivity index (χ4v) is 1.51. The van der Waals surface area contributed by atoms with Gasteiger partial charge in [-0.25, -0.2) is 4.39 Å². The lowest BCUT2D eigenvalue weighted by Crippen LogP contribution is -1.92. The van der Waals surface area contributed by atoms with Crippen LogP contribution in [0, 0.1) is 17.1 Å². The molecule has 0 fully saturated rings. The number of anilines is 1. The average molecular weight is 242 g/mol. The summed E-state index contributed by atoms with van der Waals surface area (Å²) < 4.78 is 18.8. The zero-order chi connectivity index (χ0) is 13.0. The summed E-state index contributed by atoms with van der Waals surface area (Å²) in [6.45, 7) is 0. The Morgan fingerprint density at radius 3 is 2.50 bits per heavy atom. The zero-order valence-electron chi connectivity index (χ0n) is 9.77. The summed E-state index contributed by atoms with van der Waals surface area (Å²) in [5, 5.41) is 11.9. The van der Waals surface area contributed by atoms with E-state index in [2.05, 4.69) is 5.32 Å². The molecule has 0 aliphatic carbocycles. The van der Waals surface area contributed by atoms with Crippen molar-refractivity contribution in [3.63, 3.8) is 0 Å². The minimum absolute atomic E-state index is 0.0878. The third-order valence-electron chi connectivity index (χ3n) is 2.46. The van der Waals surface area contributed by atoms with Gasteiger partial charge in [0.25, 0.3) is 0 Å². The molecule has 4 heteroatoms. The first kappa shape index (κ1) is 11.9. The molecule has 2 aromatic rings. The molecule has 0 radical (unpaired) electrons. The van der Waals surface area contributed by atoms with Crippen LogP contribution in [0.25, 0.3) is 0 Å². The number of nitriles is 1. The Kier molecular flexibility index (Phi) is 3.44. The topological polar surface area (TPSA) is 45.0 Å². The van der Waals surface area contributed by atoms with Gasteiger partial charge in [0.05, 0.1) is 0 Å². The van der Waals surface area contributed by atoms with E-state index in [1.165, 1.54) is 12.1 Å². The first-order valence-corrected chi connectivity index (χ1v) is 5.39. The number of hydrogen-bond acceptors (Lipinski definition) is 3. The second kappa shape index (κ2) is 5.19. The molecule has 0 aromatic heterocycles. The Morgan fingerprint density at radius 1 is 1.17 bits per heavy atom. The Bertz CT molecular complexity index is 588. The maximum atomic E-state index is 13.4. The SMILES string of the molecule is CNc1ccc(Oc2cccc(F)c2C#N)cc1. The molecule has 0 atom stereocenters. The quantitative estimate of drug-likeness (QED) is 0.895. The summed E-state index contributed by atoms with van der Waals surface area (Å²) in [5.41, 5.74) is 0.859. The van der Waals surface area contributed by atoms with Crippen molar-refractivity contribution in [3.8, 4) is 17.6 Å². The monoisotopic (exact) mass is 242 g/mol. The smallest absolute Gasteiger partial charge is 0.148 e. The lowest BCUT2D eigenvalue weighted by molar-refractivity contribution is 0.474. The van der Waals surface area contributed by atoms with Crippen LogP contribution in [-0.2, 0) is 0 Å². The number of nitrogens with one attached hydrogen (secondary N) is 1. The number of nitrogens with zero attached hydrogens (tertiary/aromatic N) is 1. The Morgan fingerprint density at radius 2 is 1.89 bits per heavy atom. The first-order valence-electron chi connectivity index (χ1n) is 5.39. The van der Waals surface area contributed by atoms with E-state index in [9.17, 15) is 4.39 Å². The molecule has 2 rings (SSSR count). The van der Waals surface area contributed by atoms with E-state index in [1.807, 2.05) is 19.2 Å². The largest absolute Gasteiger partial charge is 0.456 e. The second-order valence-corrected chi connectivity index (χ2v) is 3.60. The highest BCUT2D eigenvalue weighted by Crippen LogP contribution is 2.27. The molecular weight excluding hydrogens is 231 g/mol. The maximum Gasteiger partial charge on any atom is 0.148 e. The van der Waals surface area contributed by atoms with Gasteiger partial charge < -0.3 is 10.1 Å². The fourth-order valence-electron chi connectivity index (χ4n) is 1.51. The van der Waals surface area contributed by atoms with Crippen molar-refractivity contribution in [1.29, 1.82) is 5.26 Å². The van der Waals surface area contributed by atoms with E-state index >= 15 is 0 Å². The van der Waals surface area contributed by atoms with Gasteiger partial charge in [-0.1, -0.05) is 6.07 Å². The van der Waals surface area contributed by atoms with Crippen LogP contribution in [0.3, 0.4) is 0 Å². The number of hydrogen-bond donors (Lipinski definition) is 1. The molecule has 90 valence electrons. The second-order valence-electron chi connectivity index (χ2n) is 3.60. The molecule has 0 saturated heterocycles.